The minimum absolute atomic E-state index is 0.667. The Kier molecular flexibility index (Phi) is 7.66. The Labute approximate surface area is 122 Å². The molecule has 0 N–H and O–H groups in total. The van der Waals surface area contributed by atoms with Crippen molar-refractivity contribution < 1.29 is 9.47 Å². The number of anilines is 1. The minimum Gasteiger partial charge on any atom is -0.383 e. The van der Waals surface area contributed by atoms with Gasteiger partial charge in [-0.05, 0) is 17.7 Å². The Morgan fingerprint density at radius 2 is 1.78 bits per heavy atom. The van der Waals surface area contributed by atoms with Crippen LogP contribution in [0.2, 0.25) is 5.02 Å². The normalized spacial score (nSPS) is 10.7. The Morgan fingerprint density at radius 3 is 2.22 bits per heavy atom. The first-order valence-electron chi connectivity index (χ1n) is 5.80. The molecule has 18 heavy (non-hydrogen) atoms. The highest BCUT2D eigenvalue weighted by molar-refractivity contribution is 9.08. The first kappa shape index (κ1) is 15.8. The summed E-state index contributed by atoms with van der Waals surface area (Å²) in [6.07, 6.45) is 0. The molecule has 1 rings (SSSR count). The molecule has 0 amide bonds. The Bertz CT molecular complexity index is 355. The number of nitrogens with zero attached hydrogens (tertiary/aromatic N) is 1. The molecule has 1 aromatic carbocycles. The van der Waals surface area contributed by atoms with Crippen molar-refractivity contribution in [3.05, 3.63) is 28.8 Å². The van der Waals surface area contributed by atoms with Gasteiger partial charge in [0.25, 0.3) is 0 Å². The predicted octanol–water partition coefficient (Wildman–Crippen LogP) is 3.33. The first-order chi connectivity index (χ1) is 8.72. The second kappa shape index (κ2) is 8.75. The number of rotatable bonds is 8. The third-order valence-corrected chi connectivity index (χ3v) is 3.59. The van der Waals surface area contributed by atoms with Crippen LogP contribution >= 0.6 is 27.5 Å². The molecule has 0 atom stereocenters. The SMILES string of the molecule is COCCN(CCOC)c1ccc(CBr)cc1Cl. The maximum atomic E-state index is 6.32. The number of halogens is 2. The zero-order valence-electron chi connectivity index (χ0n) is 10.8. The van der Waals surface area contributed by atoms with Crippen molar-refractivity contribution in [2.24, 2.45) is 0 Å². The van der Waals surface area contributed by atoms with Gasteiger partial charge in [-0.2, -0.15) is 0 Å². The Balaban J connectivity index is 2.82. The van der Waals surface area contributed by atoms with Gasteiger partial charge in [0.1, 0.15) is 0 Å². The molecular weight excluding hydrogens is 318 g/mol. The van der Waals surface area contributed by atoms with Gasteiger partial charge in [0.05, 0.1) is 23.9 Å². The highest BCUT2D eigenvalue weighted by atomic mass is 79.9. The molecule has 0 fully saturated rings. The fourth-order valence-electron chi connectivity index (χ4n) is 1.65. The second-order valence-corrected chi connectivity index (χ2v) is 4.86. The van der Waals surface area contributed by atoms with Gasteiger partial charge in [0, 0.05) is 32.6 Å². The van der Waals surface area contributed by atoms with E-state index in [4.69, 9.17) is 21.1 Å². The van der Waals surface area contributed by atoms with Gasteiger partial charge in [-0.1, -0.05) is 33.6 Å². The van der Waals surface area contributed by atoms with Gasteiger partial charge in [-0.3, -0.25) is 0 Å². The molecule has 0 unspecified atom stereocenters. The van der Waals surface area contributed by atoms with Crippen LogP contribution in [0.25, 0.3) is 0 Å². The third-order valence-electron chi connectivity index (χ3n) is 2.64. The van der Waals surface area contributed by atoms with E-state index in [1.54, 1.807) is 14.2 Å². The van der Waals surface area contributed by atoms with E-state index in [1.807, 2.05) is 12.1 Å². The second-order valence-electron chi connectivity index (χ2n) is 3.89. The van der Waals surface area contributed by atoms with Crippen molar-refractivity contribution in [3.8, 4) is 0 Å². The molecule has 0 aromatic heterocycles. The van der Waals surface area contributed by atoms with Crippen LogP contribution in [0.15, 0.2) is 18.2 Å². The van der Waals surface area contributed by atoms with Crippen molar-refractivity contribution in [2.75, 3.05) is 45.4 Å². The zero-order chi connectivity index (χ0) is 13.4. The molecule has 0 aliphatic heterocycles. The van der Waals surface area contributed by atoms with Crippen molar-refractivity contribution in [3.63, 3.8) is 0 Å². The molecule has 3 nitrogen and oxygen atoms in total. The van der Waals surface area contributed by atoms with Crippen LogP contribution in [0.5, 0.6) is 0 Å². The van der Waals surface area contributed by atoms with Crippen LogP contribution in [-0.2, 0) is 14.8 Å². The van der Waals surface area contributed by atoms with E-state index in [1.165, 1.54) is 5.56 Å². The summed E-state index contributed by atoms with van der Waals surface area (Å²) in [4.78, 5) is 2.17. The van der Waals surface area contributed by atoms with Crippen molar-refractivity contribution in [2.45, 2.75) is 5.33 Å². The molecule has 0 aliphatic carbocycles. The largest absolute Gasteiger partial charge is 0.383 e. The number of benzene rings is 1. The number of methoxy groups -OCH3 is 2. The summed E-state index contributed by atoms with van der Waals surface area (Å²) in [5.41, 5.74) is 2.19. The Morgan fingerprint density at radius 1 is 1.17 bits per heavy atom. The quantitative estimate of drug-likeness (QED) is 0.680. The lowest BCUT2D eigenvalue weighted by Gasteiger charge is -2.25. The standard InChI is InChI=1S/C13H19BrClNO2/c1-17-7-5-16(6-8-18-2)13-4-3-11(10-14)9-12(13)15/h3-4,9H,5-8,10H2,1-2H3. The van der Waals surface area contributed by atoms with Gasteiger partial charge in [0.15, 0.2) is 0 Å². The fourth-order valence-corrected chi connectivity index (χ4v) is 2.32. The first-order valence-corrected chi connectivity index (χ1v) is 7.30. The van der Waals surface area contributed by atoms with E-state index in [2.05, 4.69) is 26.9 Å². The zero-order valence-corrected chi connectivity index (χ0v) is 13.1. The lowest BCUT2D eigenvalue weighted by Crippen LogP contribution is -2.30. The summed E-state index contributed by atoms with van der Waals surface area (Å²) in [7, 11) is 3.40. The van der Waals surface area contributed by atoms with Crippen LogP contribution in [0.1, 0.15) is 5.56 Å². The van der Waals surface area contributed by atoms with E-state index in [9.17, 15) is 0 Å². The lowest BCUT2D eigenvalue weighted by molar-refractivity contribution is 0.190. The van der Waals surface area contributed by atoms with E-state index in [-0.39, 0.29) is 0 Å². The number of hydrogen-bond acceptors (Lipinski definition) is 3. The number of hydrogen-bond donors (Lipinski definition) is 0. The molecule has 0 heterocycles. The van der Waals surface area contributed by atoms with E-state index >= 15 is 0 Å². The van der Waals surface area contributed by atoms with Crippen molar-refractivity contribution >= 4 is 33.2 Å². The molecule has 5 heteroatoms. The number of ether oxygens (including phenoxy) is 2. The average molecular weight is 337 g/mol. The molecule has 0 radical (unpaired) electrons. The minimum atomic E-state index is 0.667. The highest BCUT2D eigenvalue weighted by Crippen LogP contribution is 2.27. The highest BCUT2D eigenvalue weighted by Gasteiger charge is 2.10. The summed E-state index contributed by atoms with van der Waals surface area (Å²) >= 11 is 9.74. The van der Waals surface area contributed by atoms with Gasteiger partial charge < -0.3 is 14.4 Å². The Hall–Kier alpha value is -0.290. The smallest absolute Gasteiger partial charge is 0.0642 e. The maximum Gasteiger partial charge on any atom is 0.0642 e. The van der Waals surface area contributed by atoms with Crippen LogP contribution in [0.4, 0.5) is 5.69 Å². The third kappa shape index (κ3) is 4.76. The van der Waals surface area contributed by atoms with Gasteiger partial charge >= 0.3 is 0 Å². The van der Waals surface area contributed by atoms with Crippen LogP contribution in [0, 0.1) is 0 Å². The van der Waals surface area contributed by atoms with E-state index in [0.717, 1.165) is 29.1 Å². The molecule has 0 saturated heterocycles. The number of alkyl halides is 1. The average Bonchev–Trinajstić information content (AvgIpc) is 2.39. The van der Waals surface area contributed by atoms with Crippen LogP contribution in [0.3, 0.4) is 0 Å². The molecule has 0 bridgehead atoms. The molecular formula is C13H19BrClNO2. The van der Waals surface area contributed by atoms with Crippen molar-refractivity contribution in [1.82, 2.24) is 0 Å². The summed E-state index contributed by atoms with van der Waals surface area (Å²) in [5, 5.41) is 1.57. The summed E-state index contributed by atoms with van der Waals surface area (Å²) < 4.78 is 10.3. The maximum absolute atomic E-state index is 6.32. The van der Waals surface area contributed by atoms with E-state index in [0.29, 0.717) is 13.2 Å². The van der Waals surface area contributed by atoms with Crippen molar-refractivity contribution in [1.29, 1.82) is 0 Å². The van der Waals surface area contributed by atoms with E-state index < -0.39 is 0 Å². The fraction of sp³-hybridized carbons (Fsp3) is 0.538. The lowest BCUT2D eigenvalue weighted by atomic mass is 10.2. The molecule has 102 valence electrons. The summed E-state index contributed by atoms with van der Waals surface area (Å²) in [6, 6.07) is 6.10. The van der Waals surface area contributed by atoms with Gasteiger partial charge in [0.2, 0.25) is 0 Å². The topological polar surface area (TPSA) is 21.7 Å². The van der Waals surface area contributed by atoms with Crippen LogP contribution in [-0.4, -0.2) is 40.5 Å². The van der Waals surface area contributed by atoms with Gasteiger partial charge in [-0.15, -0.1) is 0 Å². The molecule has 0 spiro atoms. The molecule has 0 aliphatic rings. The predicted molar refractivity (Wildman–Crippen MR) is 80.0 cm³/mol. The summed E-state index contributed by atoms with van der Waals surface area (Å²) in [6.45, 7) is 2.93. The summed E-state index contributed by atoms with van der Waals surface area (Å²) in [5.74, 6) is 0. The molecule has 1 aromatic rings. The molecule has 0 saturated carbocycles. The van der Waals surface area contributed by atoms with Crippen LogP contribution < -0.4 is 4.90 Å². The van der Waals surface area contributed by atoms with Gasteiger partial charge in [-0.25, -0.2) is 0 Å². The monoisotopic (exact) mass is 335 g/mol.